The molecule has 0 aromatic heterocycles. The highest BCUT2D eigenvalue weighted by Crippen LogP contribution is 2.32. The second kappa shape index (κ2) is 6.92. The molecule has 2 nitrogen and oxygen atoms in total. The molecular formula is C17H19ClFNO. The number of ether oxygens (including phenoxy) is 1. The van der Waals surface area contributed by atoms with E-state index in [-0.39, 0.29) is 16.9 Å². The zero-order valence-corrected chi connectivity index (χ0v) is 13.0. The molecule has 0 heterocycles. The fourth-order valence-electron chi connectivity index (χ4n) is 2.07. The lowest BCUT2D eigenvalue weighted by atomic mass is 10.0. The number of hydrogen-bond donors (Lipinski definition) is 1. The first-order chi connectivity index (χ1) is 9.99. The Kier molecular flexibility index (Phi) is 5.21. The third-order valence-corrected chi connectivity index (χ3v) is 3.63. The molecule has 0 radical (unpaired) electrons. The molecule has 2 rings (SSSR count). The number of rotatable bonds is 5. The number of nitrogens with two attached hydrogens (primary N) is 1. The fourth-order valence-corrected chi connectivity index (χ4v) is 2.28. The Balaban J connectivity index is 2.30. The summed E-state index contributed by atoms with van der Waals surface area (Å²) in [5, 5.41) is 0.251. The van der Waals surface area contributed by atoms with Crippen molar-refractivity contribution in [3.63, 3.8) is 0 Å². The van der Waals surface area contributed by atoms with E-state index in [4.69, 9.17) is 22.1 Å². The van der Waals surface area contributed by atoms with Crippen LogP contribution in [0.2, 0.25) is 5.02 Å². The Hall–Kier alpha value is -1.58. The van der Waals surface area contributed by atoms with E-state index in [0.29, 0.717) is 11.5 Å². The van der Waals surface area contributed by atoms with Gasteiger partial charge in [0.05, 0.1) is 5.02 Å². The summed E-state index contributed by atoms with van der Waals surface area (Å²) in [7, 11) is 0. The Morgan fingerprint density at radius 3 is 2.57 bits per heavy atom. The predicted octanol–water partition coefficient (Wildman–Crippen LogP) is 4.86. The van der Waals surface area contributed by atoms with Crippen molar-refractivity contribution in [3.05, 3.63) is 58.4 Å². The van der Waals surface area contributed by atoms with Gasteiger partial charge in [0.15, 0.2) is 0 Å². The summed E-state index contributed by atoms with van der Waals surface area (Å²) >= 11 is 6.01. The highest BCUT2D eigenvalue weighted by Gasteiger charge is 2.11. The molecule has 0 saturated heterocycles. The van der Waals surface area contributed by atoms with Gasteiger partial charge in [-0.2, -0.15) is 0 Å². The van der Waals surface area contributed by atoms with Gasteiger partial charge in [-0.1, -0.05) is 36.2 Å². The van der Waals surface area contributed by atoms with Crippen LogP contribution in [0, 0.1) is 12.7 Å². The van der Waals surface area contributed by atoms with E-state index in [0.717, 1.165) is 24.0 Å². The smallest absolute Gasteiger partial charge is 0.146 e. The summed E-state index contributed by atoms with van der Waals surface area (Å²) in [6.45, 7) is 4.08. The molecule has 0 bridgehead atoms. The second-order valence-electron chi connectivity index (χ2n) is 5.16. The normalized spacial score (nSPS) is 12.2. The number of benzene rings is 2. The summed E-state index contributed by atoms with van der Waals surface area (Å²) < 4.78 is 18.9. The van der Waals surface area contributed by atoms with Gasteiger partial charge >= 0.3 is 0 Å². The third kappa shape index (κ3) is 4.19. The van der Waals surface area contributed by atoms with Gasteiger partial charge < -0.3 is 10.5 Å². The molecule has 112 valence electrons. The number of aryl methyl sites for hydroxylation is 1. The molecule has 0 aliphatic rings. The van der Waals surface area contributed by atoms with Gasteiger partial charge in [-0.05, 0) is 49.6 Å². The molecule has 4 heteroatoms. The van der Waals surface area contributed by atoms with E-state index in [1.165, 1.54) is 18.2 Å². The van der Waals surface area contributed by atoms with Crippen LogP contribution in [0.5, 0.6) is 11.5 Å². The Morgan fingerprint density at radius 2 is 1.90 bits per heavy atom. The van der Waals surface area contributed by atoms with Crippen molar-refractivity contribution in [2.45, 2.75) is 32.7 Å². The minimum atomic E-state index is -0.385. The molecule has 0 amide bonds. The molecule has 0 spiro atoms. The maximum absolute atomic E-state index is 13.1. The van der Waals surface area contributed by atoms with Crippen LogP contribution in [0.1, 0.15) is 24.5 Å². The van der Waals surface area contributed by atoms with E-state index >= 15 is 0 Å². The van der Waals surface area contributed by atoms with E-state index in [1.54, 1.807) is 0 Å². The average molecular weight is 308 g/mol. The molecule has 21 heavy (non-hydrogen) atoms. The van der Waals surface area contributed by atoms with Crippen molar-refractivity contribution in [1.29, 1.82) is 0 Å². The Labute approximate surface area is 129 Å². The topological polar surface area (TPSA) is 35.2 Å². The molecule has 0 fully saturated rings. The van der Waals surface area contributed by atoms with Crippen LogP contribution >= 0.6 is 11.6 Å². The van der Waals surface area contributed by atoms with Crippen LogP contribution in [0.4, 0.5) is 4.39 Å². The molecular weight excluding hydrogens is 289 g/mol. The maximum atomic E-state index is 13.1. The summed E-state index contributed by atoms with van der Waals surface area (Å²) in [5.41, 5.74) is 8.21. The first-order valence-electron chi connectivity index (χ1n) is 6.97. The van der Waals surface area contributed by atoms with Crippen molar-refractivity contribution >= 4 is 11.6 Å². The molecule has 2 N–H and O–H groups in total. The highest BCUT2D eigenvalue weighted by molar-refractivity contribution is 6.32. The van der Waals surface area contributed by atoms with Crippen molar-refractivity contribution in [3.8, 4) is 11.5 Å². The lowest BCUT2D eigenvalue weighted by Gasteiger charge is -2.15. The van der Waals surface area contributed by atoms with Crippen LogP contribution in [-0.4, -0.2) is 6.04 Å². The minimum absolute atomic E-state index is 0.0813. The van der Waals surface area contributed by atoms with Crippen molar-refractivity contribution in [2.75, 3.05) is 0 Å². The van der Waals surface area contributed by atoms with Gasteiger partial charge in [0, 0.05) is 6.04 Å². The molecule has 1 atom stereocenters. The van der Waals surface area contributed by atoms with E-state index < -0.39 is 0 Å². The zero-order chi connectivity index (χ0) is 15.4. The number of hydrogen-bond acceptors (Lipinski definition) is 2. The first kappa shape index (κ1) is 15.8. The summed E-state index contributed by atoms with van der Waals surface area (Å²) in [5.74, 6) is 0.760. The number of halogens is 2. The average Bonchev–Trinajstić information content (AvgIpc) is 2.44. The van der Waals surface area contributed by atoms with Crippen molar-refractivity contribution in [2.24, 2.45) is 5.73 Å². The van der Waals surface area contributed by atoms with Crippen LogP contribution < -0.4 is 10.5 Å². The van der Waals surface area contributed by atoms with E-state index in [1.807, 2.05) is 19.1 Å². The van der Waals surface area contributed by atoms with Gasteiger partial charge in [-0.3, -0.25) is 0 Å². The quantitative estimate of drug-likeness (QED) is 0.856. The van der Waals surface area contributed by atoms with Gasteiger partial charge in [0.25, 0.3) is 0 Å². The van der Waals surface area contributed by atoms with E-state index in [2.05, 4.69) is 13.0 Å². The molecule has 0 aliphatic carbocycles. The Bertz CT molecular complexity index is 630. The van der Waals surface area contributed by atoms with Gasteiger partial charge in [0.2, 0.25) is 0 Å². The summed E-state index contributed by atoms with van der Waals surface area (Å²) in [4.78, 5) is 0. The van der Waals surface area contributed by atoms with Crippen molar-refractivity contribution in [1.82, 2.24) is 0 Å². The van der Waals surface area contributed by atoms with Gasteiger partial charge in [-0.25, -0.2) is 4.39 Å². The SMILES string of the molecule is CCC(N)Cc1cc(C)ccc1Oc1ccc(F)cc1Cl. The molecule has 0 saturated carbocycles. The van der Waals surface area contributed by atoms with Crippen molar-refractivity contribution < 1.29 is 9.13 Å². The summed E-state index contributed by atoms with van der Waals surface area (Å²) in [6, 6.07) is 10.1. The monoisotopic (exact) mass is 307 g/mol. The standard InChI is InChI=1S/C17H19ClFNO/c1-3-14(20)9-12-8-11(2)4-6-16(12)21-17-7-5-13(19)10-15(17)18/h4-8,10,14H,3,9,20H2,1-2H3. The maximum Gasteiger partial charge on any atom is 0.146 e. The van der Waals surface area contributed by atoms with Crippen LogP contribution in [0.15, 0.2) is 36.4 Å². The second-order valence-corrected chi connectivity index (χ2v) is 5.57. The van der Waals surface area contributed by atoms with Crippen LogP contribution in [0.3, 0.4) is 0 Å². The van der Waals surface area contributed by atoms with Crippen LogP contribution in [0.25, 0.3) is 0 Å². The molecule has 2 aromatic carbocycles. The van der Waals surface area contributed by atoms with Gasteiger partial charge in [0.1, 0.15) is 17.3 Å². The largest absolute Gasteiger partial charge is 0.456 e. The summed E-state index contributed by atoms with van der Waals surface area (Å²) in [6.07, 6.45) is 1.62. The molecule has 1 unspecified atom stereocenters. The lowest BCUT2D eigenvalue weighted by Crippen LogP contribution is -2.21. The first-order valence-corrected chi connectivity index (χ1v) is 7.35. The fraction of sp³-hybridized carbons (Fsp3) is 0.294. The highest BCUT2D eigenvalue weighted by atomic mass is 35.5. The molecule has 2 aromatic rings. The van der Waals surface area contributed by atoms with Crippen LogP contribution in [-0.2, 0) is 6.42 Å². The predicted molar refractivity (Wildman–Crippen MR) is 84.6 cm³/mol. The van der Waals surface area contributed by atoms with Gasteiger partial charge in [-0.15, -0.1) is 0 Å². The zero-order valence-electron chi connectivity index (χ0n) is 12.2. The molecule has 0 aliphatic heterocycles. The Morgan fingerprint density at radius 1 is 1.19 bits per heavy atom. The minimum Gasteiger partial charge on any atom is -0.456 e. The lowest BCUT2D eigenvalue weighted by molar-refractivity contribution is 0.470. The van der Waals surface area contributed by atoms with E-state index in [9.17, 15) is 4.39 Å². The third-order valence-electron chi connectivity index (χ3n) is 3.34.